The molecule has 1 amide bonds. The number of carbonyl (C=O) groups is 1. The number of anilines is 1. The number of amides is 1. The van der Waals surface area contributed by atoms with E-state index < -0.39 is 0 Å². The van der Waals surface area contributed by atoms with E-state index in [1.807, 2.05) is 46.1 Å². The molecule has 0 aliphatic carbocycles. The zero-order valence-corrected chi connectivity index (χ0v) is 16.1. The smallest absolute Gasteiger partial charge is 0.254 e. The molecule has 8 nitrogen and oxygen atoms in total. The van der Waals surface area contributed by atoms with Crippen molar-refractivity contribution in [1.82, 2.24) is 24.4 Å². The normalized spacial score (nSPS) is 16.1. The van der Waals surface area contributed by atoms with Gasteiger partial charge in [0.1, 0.15) is 0 Å². The van der Waals surface area contributed by atoms with Crippen LogP contribution in [0.2, 0.25) is 0 Å². The fourth-order valence-electron chi connectivity index (χ4n) is 3.73. The number of hydrogen-bond acceptors (Lipinski definition) is 6. The van der Waals surface area contributed by atoms with Gasteiger partial charge >= 0.3 is 0 Å². The SMILES string of the molecule is O=C(c1ccc(Cn2ccnc2)cc1)N1Cc2cnc(N3CCOCC3)nc2C1. The standard InChI is InChI=1S/C21H22N6O2/c28-20(17-3-1-16(2-4-17)12-25-6-5-22-15-25)27-13-18-11-23-21(24-19(18)14-27)26-7-9-29-10-8-26/h1-6,11,15H,7-10,12-14H2. The lowest BCUT2D eigenvalue weighted by Crippen LogP contribution is -2.37. The van der Waals surface area contributed by atoms with Crippen LogP contribution in [-0.4, -0.2) is 56.6 Å². The molecule has 2 aliphatic heterocycles. The zero-order chi connectivity index (χ0) is 19.6. The van der Waals surface area contributed by atoms with Gasteiger partial charge in [0.15, 0.2) is 0 Å². The summed E-state index contributed by atoms with van der Waals surface area (Å²) in [5, 5.41) is 0. The first-order chi connectivity index (χ1) is 14.3. The molecule has 0 radical (unpaired) electrons. The Morgan fingerprint density at radius 3 is 2.69 bits per heavy atom. The number of morpholine rings is 1. The fourth-order valence-corrected chi connectivity index (χ4v) is 3.73. The van der Waals surface area contributed by atoms with E-state index in [9.17, 15) is 4.79 Å². The molecule has 2 aromatic heterocycles. The van der Waals surface area contributed by atoms with Gasteiger partial charge < -0.3 is 19.1 Å². The molecule has 0 unspecified atom stereocenters. The Kier molecular flexibility index (Phi) is 4.69. The van der Waals surface area contributed by atoms with Gasteiger partial charge in [-0.05, 0) is 17.7 Å². The second-order valence-electron chi connectivity index (χ2n) is 7.33. The minimum Gasteiger partial charge on any atom is -0.378 e. The summed E-state index contributed by atoms with van der Waals surface area (Å²) in [6.45, 7) is 4.80. The average Bonchev–Trinajstić information content (AvgIpc) is 3.43. The molecule has 1 aromatic carbocycles. The summed E-state index contributed by atoms with van der Waals surface area (Å²) in [4.78, 5) is 30.2. The van der Waals surface area contributed by atoms with Crippen molar-refractivity contribution in [2.24, 2.45) is 0 Å². The second kappa shape index (κ2) is 7.63. The molecule has 2 aliphatic rings. The van der Waals surface area contributed by atoms with Gasteiger partial charge in [0.25, 0.3) is 5.91 Å². The summed E-state index contributed by atoms with van der Waals surface area (Å²) >= 11 is 0. The van der Waals surface area contributed by atoms with E-state index in [1.54, 1.807) is 12.5 Å². The van der Waals surface area contributed by atoms with E-state index in [0.29, 0.717) is 31.9 Å². The van der Waals surface area contributed by atoms with Crippen molar-refractivity contribution in [2.45, 2.75) is 19.6 Å². The van der Waals surface area contributed by atoms with Gasteiger partial charge in [-0.3, -0.25) is 4.79 Å². The number of benzene rings is 1. The van der Waals surface area contributed by atoms with Crippen LogP contribution >= 0.6 is 0 Å². The molecule has 8 heteroatoms. The van der Waals surface area contributed by atoms with Crippen LogP contribution in [0.5, 0.6) is 0 Å². The fraction of sp³-hybridized carbons (Fsp3) is 0.333. The molecule has 29 heavy (non-hydrogen) atoms. The van der Waals surface area contributed by atoms with Crippen molar-refractivity contribution in [3.8, 4) is 0 Å². The Bertz CT molecular complexity index is 997. The molecule has 0 bridgehead atoms. The van der Waals surface area contributed by atoms with E-state index in [4.69, 9.17) is 9.72 Å². The van der Waals surface area contributed by atoms with Crippen LogP contribution < -0.4 is 4.90 Å². The average molecular weight is 390 g/mol. The summed E-state index contributed by atoms with van der Waals surface area (Å²) in [5.74, 6) is 0.746. The number of rotatable bonds is 4. The quantitative estimate of drug-likeness (QED) is 0.675. The Balaban J connectivity index is 1.26. The first kappa shape index (κ1) is 17.8. The molecule has 1 saturated heterocycles. The maximum atomic E-state index is 13.0. The van der Waals surface area contributed by atoms with Gasteiger partial charge in [0.2, 0.25) is 5.95 Å². The highest BCUT2D eigenvalue weighted by molar-refractivity contribution is 5.94. The molecule has 148 valence electrons. The maximum Gasteiger partial charge on any atom is 0.254 e. The van der Waals surface area contributed by atoms with Crippen molar-refractivity contribution in [2.75, 3.05) is 31.2 Å². The summed E-state index contributed by atoms with van der Waals surface area (Å²) in [5.41, 5.74) is 3.78. The van der Waals surface area contributed by atoms with Crippen molar-refractivity contribution < 1.29 is 9.53 Å². The number of ether oxygens (including phenoxy) is 1. The van der Waals surface area contributed by atoms with Crippen LogP contribution in [0.25, 0.3) is 0 Å². The zero-order valence-electron chi connectivity index (χ0n) is 16.1. The van der Waals surface area contributed by atoms with Gasteiger partial charge in [0.05, 0.1) is 31.8 Å². The van der Waals surface area contributed by atoms with Gasteiger partial charge in [0, 0.05) is 55.9 Å². The van der Waals surface area contributed by atoms with E-state index in [1.165, 1.54) is 0 Å². The van der Waals surface area contributed by atoms with Crippen molar-refractivity contribution in [3.63, 3.8) is 0 Å². The number of hydrogen-bond donors (Lipinski definition) is 0. The monoisotopic (exact) mass is 390 g/mol. The largest absolute Gasteiger partial charge is 0.378 e. The molecule has 1 fully saturated rings. The predicted molar refractivity (Wildman–Crippen MR) is 106 cm³/mol. The lowest BCUT2D eigenvalue weighted by atomic mass is 10.1. The third-order valence-corrected chi connectivity index (χ3v) is 5.35. The number of aromatic nitrogens is 4. The molecule has 5 rings (SSSR count). The third-order valence-electron chi connectivity index (χ3n) is 5.35. The first-order valence-corrected chi connectivity index (χ1v) is 9.78. The minimum atomic E-state index is 0.0186. The summed E-state index contributed by atoms with van der Waals surface area (Å²) < 4.78 is 7.39. The molecule has 0 atom stereocenters. The topological polar surface area (TPSA) is 76.4 Å². The van der Waals surface area contributed by atoms with Crippen LogP contribution in [-0.2, 0) is 24.4 Å². The van der Waals surface area contributed by atoms with Crippen LogP contribution in [0, 0.1) is 0 Å². The molecule has 0 N–H and O–H groups in total. The van der Waals surface area contributed by atoms with Gasteiger partial charge in [-0.1, -0.05) is 12.1 Å². The second-order valence-corrected chi connectivity index (χ2v) is 7.33. The lowest BCUT2D eigenvalue weighted by Gasteiger charge is -2.26. The Morgan fingerprint density at radius 2 is 1.93 bits per heavy atom. The van der Waals surface area contributed by atoms with Crippen LogP contribution in [0.1, 0.15) is 27.2 Å². The molecule has 0 saturated carbocycles. The Hall–Kier alpha value is -3.26. The van der Waals surface area contributed by atoms with E-state index in [2.05, 4.69) is 14.9 Å². The van der Waals surface area contributed by atoms with E-state index in [-0.39, 0.29) is 5.91 Å². The highest BCUT2D eigenvalue weighted by Gasteiger charge is 2.27. The predicted octanol–water partition coefficient (Wildman–Crippen LogP) is 1.71. The van der Waals surface area contributed by atoms with E-state index in [0.717, 1.165) is 42.4 Å². The number of fused-ring (bicyclic) bond motifs is 1. The van der Waals surface area contributed by atoms with Gasteiger partial charge in [-0.25, -0.2) is 15.0 Å². The molecule has 4 heterocycles. The minimum absolute atomic E-state index is 0.0186. The summed E-state index contributed by atoms with van der Waals surface area (Å²) in [6.07, 6.45) is 7.32. The lowest BCUT2D eigenvalue weighted by molar-refractivity contribution is 0.0750. The highest BCUT2D eigenvalue weighted by Crippen LogP contribution is 2.24. The number of nitrogens with zero attached hydrogens (tertiary/aromatic N) is 6. The summed E-state index contributed by atoms with van der Waals surface area (Å²) in [6, 6.07) is 7.77. The van der Waals surface area contributed by atoms with Crippen LogP contribution in [0.4, 0.5) is 5.95 Å². The number of carbonyl (C=O) groups excluding carboxylic acids is 1. The van der Waals surface area contributed by atoms with Gasteiger partial charge in [-0.15, -0.1) is 0 Å². The molecular weight excluding hydrogens is 368 g/mol. The van der Waals surface area contributed by atoms with Gasteiger partial charge in [-0.2, -0.15) is 0 Å². The highest BCUT2D eigenvalue weighted by atomic mass is 16.5. The number of imidazole rings is 1. The third kappa shape index (κ3) is 3.71. The van der Waals surface area contributed by atoms with Crippen LogP contribution in [0.3, 0.4) is 0 Å². The van der Waals surface area contributed by atoms with Crippen molar-refractivity contribution in [1.29, 1.82) is 0 Å². The molecular formula is C21H22N6O2. The molecule has 0 spiro atoms. The maximum absolute atomic E-state index is 13.0. The first-order valence-electron chi connectivity index (χ1n) is 9.78. The summed E-state index contributed by atoms with van der Waals surface area (Å²) in [7, 11) is 0. The van der Waals surface area contributed by atoms with Crippen molar-refractivity contribution in [3.05, 3.63) is 71.6 Å². The van der Waals surface area contributed by atoms with Crippen LogP contribution in [0.15, 0.2) is 49.2 Å². The molecule has 3 aromatic rings. The Labute approximate surface area is 168 Å². The Morgan fingerprint density at radius 1 is 1.10 bits per heavy atom. The van der Waals surface area contributed by atoms with Crippen molar-refractivity contribution >= 4 is 11.9 Å². The van der Waals surface area contributed by atoms with E-state index >= 15 is 0 Å².